The quantitative estimate of drug-likeness (QED) is 0.0712. The van der Waals surface area contributed by atoms with Gasteiger partial charge in [0.25, 0.3) is 11.8 Å². The summed E-state index contributed by atoms with van der Waals surface area (Å²) in [6.45, 7) is -0.280. The number of ether oxygens (including phenoxy) is 2. The van der Waals surface area contributed by atoms with Crippen molar-refractivity contribution in [1.29, 1.82) is 0 Å². The second-order valence-electron chi connectivity index (χ2n) is 15.5. The summed E-state index contributed by atoms with van der Waals surface area (Å²) >= 11 is 0. The van der Waals surface area contributed by atoms with Crippen LogP contribution in [0.4, 0.5) is 0 Å². The third kappa shape index (κ3) is 13.4. The molecule has 0 aromatic heterocycles. The molecule has 0 saturated heterocycles. The van der Waals surface area contributed by atoms with Gasteiger partial charge in [-0.2, -0.15) is 0 Å². The predicted octanol–water partition coefficient (Wildman–Crippen LogP) is 8.04. The number of hydrogen-bond acceptors (Lipinski definition) is 10. The predicted molar refractivity (Wildman–Crippen MR) is 252 cm³/mol. The molecule has 2 unspecified atom stereocenters. The van der Waals surface area contributed by atoms with Crippen LogP contribution < -0.4 is 10.6 Å². The first-order chi connectivity index (χ1) is 32.7. The number of benzene rings is 6. The van der Waals surface area contributed by atoms with Gasteiger partial charge in [-0.05, 0) is 130 Å². The number of hydrogen-bond donors (Lipinski definition) is 4. The summed E-state index contributed by atoms with van der Waals surface area (Å²) in [6.07, 6.45) is -1.06. The molecular weight excluding hydrogens is 907 g/mol. The van der Waals surface area contributed by atoms with Crippen LogP contribution in [0.5, 0.6) is 0 Å². The third-order valence-corrected chi connectivity index (χ3v) is 13.3. The van der Waals surface area contributed by atoms with Crippen molar-refractivity contribution >= 4 is 38.9 Å². The third-order valence-electron chi connectivity index (χ3n) is 10.7. The summed E-state index contributed by atoms with van der Waals surface area (Å²) in [5.74, 6) is 10.2. The fourth-order valence-electron chi connectivity index (χ4n) is 6.86. The zero-order chi connectivity index (χ0) is 48.3. The van der Waals surface area contributed by atoms with Gasteiger partial charge in [0, 0.05) is 60.7 Å². The summed E-state index contributed by atoms with van der Waals surface area (Å²) in [6, 6.07) is 36.7. The lowest BCUT2D eigenvalue weighted by atomic mass is 10.0. The number of nitrogens with one attached hydrogen (secondary N) is 2. The Morgan fingerprint density at radius 2 is 0.824 bits per heavy atom. The molecule has 6 aromatic rings. The van der Waals surface area contributed by atoms with Crippen LogP contribution in [0.15, 0.2) is 133 Å². The maximum Gasteiger partial charge on any atom is 0.338 e. The van der Waals surface area contributed by atoms with Gasteiger partial charge in [-0.15, -0.1) is 0 Å². The van der Waals surface area contributed by atoms with E-state index in [0.717, 1.165) is 25.3 Å². The van der Waals surface area contributed by atoms with Gasteiger partial charge < -0.3 is 38.9 Å². The lowest BCUT2D eigenvalue weighted by Gasteiger charge is -2.19. The second kappa shape index (κ2) is 21.9. The fourth-order valence-corrected chi connectivity index (χ4v) is 8.57. The van der Waals surface area contributed by atoms with Gasteiger partial charge in [0.1, 0.15) is 13.2 Å². The van der Waals surface area contributed by atoms with Crippen LogP contribution in [0.25, 0.3) is 0 Å². The van der Waals surface area contributed by atoms with Crippen LogP contribution in [0.3, 0.4) is 0 Å². The van der Waals surface area contributed by atoms with Crippen LogP contribution in [-0.2, 0) is 66.3 Å². The van der Waals surface area contributed by atoms with Crippen LogP contribution in [0.1, 0.15) is 97.1 Å². The summed E-state index contributed by atoms with van der Waals surface area (Å²) in [4.78, 5) is 73.6. The van der Waals surface area contributed by atoms with Crippen molar-refractivity contribution in [1.82, 2.24) is 10.6 Å². The molecule has 6 aromatic carbocycles. The maximum atomic E-state index is 13.3. The smallest absolute Gasteiger partial charge is 0.338 e. The topological polar surface area (TPSA) is 204 Å². The molecule has 0 aliphatic carbocycles. The van der Waals surface area contributed by atoms with Crippen molar-refractivity contribution in [3.05, 3.63) is 211 Å². The Bertz CT molecular complexity index is 2890. The van der Waals surface area contributed by atoms with E-state index in [2.05, 4.69) is 34.3 Å². The summed E-state index contributed by atoms with van der Waals surface area (Å²) in [5.41, 5.74) is 6.31. The van der Waals surface area contributed by atoms with E-state index in [1.54, 1.807) is 72.8 Å². The fraction of sp³-hybridized carbons (Fsp3) is 0.154. The highest BCUT2D eigenvalue weighted by Crippen LogP contribution is 2.48. The number of esters is 2. The minimum Gasteiger partial charge on any atom is -0.457 e. The lowest BCUT2D eigenvalue weighted by Crippen LogP contribution is -2.24. The van der Waals surface area contributed by atoms with Crippen LogP contribution >= 0.6 is 15.2 Å². The van der Waals surface area contributed by atoms with E-state index in [4.69, 9.17) is 18.5 Å². The Balaban J connectivity index is 1.17. The number of carbonyl (C=O) groups excluding carboxylic acids is 4. The summed E-state index contributed by atoms with van der Waals surface area (Å²) < 4.78 is 46.7. The van der Waals surface area contributed by atoms with Crippen molar-refractivity contribution in [2.45, 2.75) is 38.6 Å². The van der Waals surface area contributed by atoms with Crippen molar-refractivity contribution in [3.63, 3.8) is 0 Å². The van der Waals surface area contributed by atoms with Crippen LogP contribution in [-0.4, -0.2) is 47.8 Å². The van der Waals surface area contributed by atoms with Crippen LogP contribution in [0, 0.1) is 23.7 Å². The molecule has 16 heteroatoms. The number of rotatable bonds is 6. The molecule has 0 saturated carbocycles. The molecule has 344 valence electrons. The van der Waals surface area contributed by atoms with Crippen molar-refractivity contribution in [2.24, 2.45) is 0 Å². The van der Waals surface area contributed by atoms with Gasteiger partial charge in [-0.1, -0.05) is 60.1 Å². The normalized spacial score (nSPS) is 15.1. The van der Waals surface area contributed by atoms with E-state index in [1.807, 2.05) is 24.3 Å². The highest BCUT2D eigenvalue weighted by molar-refractivity contribution is 7.52. The van der Waals surface area contributed by atoms with Gasteiger partial charge >= 0.3 is 27.1 Å². The Morgan fingerprint density at radius 3 is 1.15 bits per heavy atom. The molecule has 14 heterocycles. The Hall–Kier alpha value is -7.38. The molecule has 14 aliphatic heterocycles. The van der Waals surface area contributed by atoms with Gasteiger partial charge in [-0.3, -0.25) is 18.7 Å². The zero-order valence-corrected chi connectivity index (χ0v) is 38.6. The van der Waals surface area contributed by atoms with E-state index in [9.17, 15) is 38.1 Å². The average molecular weight is 951 g/mol. The SMILES string of the molecule is COP(=O)(O)Cc1cc2c(CP(=O)(O)OC)cc1COC(=O)c1ccc(cc1)C#Cc1ccc(cc1)C(=O)NCc1cccc(c1)CNC(=O)c1ccc(cc1)C#Cc1ccc(cc1)C(=O)OC2. The zero-order valence-electron chi connectivity index (χ0n) is 36.8. The standard InChI is InChI=1S/C52H44N2O12P2/c1-63-67(59,60)33-47-27-46-32-66-52(58)44-24-16-38(17-25-44)9-7-36-12-20-42(21-13-36)50(56)54-30-40-5-3-4-39(26-40)29-53-49(55)41-18-10-35(11-19-41)6-8-37-14-22-43(23-15-37)51(57)65-31-45(47)28-48(46)34-68(61,62)64-2/h3-5,10-28H,29-34H2,1-2H3,(H,53,55)(H,54,56)(H,59,60)(H,61,62). The molecule has 68 heavy (non-hydrogen) atoms. The lowest BCUT2D eigenvalue weighted by molar-refractivity contribution is 0.0459. The summed E-state index contributed by atoms with van der Waals surface area (Å²) in [5, 5.41) is 5.85. The first kappa shape index (κ1) is 48.6. The molecule has 12 bridgehead atoms. The first-order valence-electron chi connectivity index (χ1n) is 21.0. The first-order valence-corrected chi connectivity index (χ1v) is 24.5. The van der Waals surface area contributed by atoms with Gasteiger partial charge in [0.15, 0.2) is 0 Å². The molecule has 14 nitrogen and oxygen atoms in total. The highest BCUT2D eigenvalue weighted by atomic mass is 31.2. The second-order valence-corrected chi connectivity index (χ2v) is 19.4. The molecular formula is C52H44N2O12P2. The summed E-state index contributed by atoms with van der Waals surface area (Å²) in [7, 11) is -6.30. The molecule has 0 fully saturated rings. The molecule has 0 radical (unpaired) electrons. The van der Waals surface area contributed by atoms with E-state index in [0.29, 0.717) is 33.4 Å². The van der Waals surface area contributed by atoms with Crippen molar-refractivity contribution < 1.29 is 56.6 Å². The molecule has 2 amide bonds. The highest BCUT2D eigenvalue weighted by Gasteiger charge is 2.26. The minimum absolute atomic E-state index is 0.183. The molecule has 0 spiro atoms. The minimum atomic E-state index is -4.22. The van der Waals surface area contributed by atoms with E-state index in [-0.39, 0.29) is 58.3 Å². The Morgan fingerprint density at radius 1 is 0.500 bits per heavy atom. The maximum absolute atomic E-state index is 13.3. The molecule has 20 rings (SSSR count). The van der Waals surface area contributed by atoms with E-state index < -0.39 is 52.7 Å². The molecule has 4 N–H and O–H groups in total. The number of carbonyl (C=O) groups is 4. The van der Waals surface area contributed by atoms with Crippen molar-refractivity contribution in [3.8, 4) is 23.7 Å². The van der Waals surface area contributed by atoms with Crippen LogP contribution in [0.2, 0.25) is 0 Å². The average Bonchev–Trinajstić information content (AvgIpc) is 3.35. The van der Waals surface area contributed by atoms with Gasteiger partial charge in [0.05, 0.1) is 23.5 Å². The number of amides is 2. The Labute approximate surface area is 392 Å². The largest absolute Gasteiger partial charge is 0.457 e. The van der Waals surface area contributed by atoms with E-state index >= 15 is 0 Å². The monoisotopic (exact) mass is 950 g/mol. The van der Waals surface area contributed by atoms with Crippen molar-refractivity contribution in [2.75, 3.05) is 14.2 Å². The Kier molecular flexibility index (Phi) is 15.7. The van der Waals surface area contributed by atoms with E-state index in [1.165, 1.54) is 36.4 Å². The molecule has 14 aliphatic rings. The van der Waals surface area contributed by atoms with Gasteiger partial charge in [-0.25, -0.2) is 9.59 Å². The molecule has 2 atom stereocenters. The van der Waals surface area contributed by atoms with Gasteiger partial charge in [0.2, 0.25) is 0 Å².